The van der Waals surface area contributed by atoms with Crippen LogP contribution in [0.1, 0.15) is 5.89 Å². The summed E-state index contributed by atoms with van der Waals surface area (Å²) in [5, 5.41) is 10.8. The van der Waals surface area contributed by atoms with Gasteiger partial charge in [0.15, 0.2) is 16.7 Å². The predicted molar refractivity (Wildman–Crippen MR) is 98.6 cm³/mol. The molecule has 1 aromatic carbocycles. The second-order valence-corrected chi connectivity index (χ2v) is 5.67. The molecule has 2 N–H and O–H groups in total. The number of hydrogen-bond donors (Lipinski definition) is 2. The van der Waals surface area contributed by atoms with Crippen molar-refractivity contribution in [2.24, 2.45) is 0 Å². The number of ether oxygens (including phenoxy) is 1. The van der Waals surface area contributed by atoms with Crippen molar-refractivity contribution in [3.05, 3.63) is 53.5 Å². The number of aromatic nitrogens is 3. The Kier molecular flexibility index (Phi) is 5.42. The first-order chi connectivity index (χ1) is 12.2. The first-order valence-electron chi connectivity index (χ1n) is 7.28. The quantitative estimate of drug-likeness (QED) is 0.657. The van der Waals surface area contributed by atoms with Crippen LogP contribution < -0.4 is 15.4 Å². The number of rotatable bonds is 5. The summed E-state index contributed by atoms with van der Waals surface area (Å²) in [5.41, 5.74) is 0.707. The highest BCUT2D eigenvalue weighted by Gasteiger charge is 2.12. The van der Waals surface area contributed by atoms with E-state index in [-0.39, 0.29) is 6.54 Å². The molecule has 0 aliphatic heterocycles. The summed E-state index contributed by atoms with van der Waals surface area (Å²) in [5.74, 6) is 1.91. The fraction of sp³-hybridized carbons (Fsp3) is 0.125. The molecular formula is C16H14ClN5O2S. The SMILES string of the molecule is COc1cccnc1NC(=S)NCc1nc(-c2ccccc2Cl)no1. The van der Waals surface area contributed by atoms with Crippen molar-refractivity contribution in [1.29, 1.82) is 0 Å². The van der Waals surface area contributed by atoms with Gasteiger partial charge in [-0.25, -0.2) is 4.98 Å². The fourth-order valence-corrected chi connectivity index (χ4v) is 2.42. The number of nitrogens with one attached hydrogen (secondary N) is 2. The van der Waals surface area contributed by atoms with Crippen LogP contribution in [0.15, 0.2) is 47.1 Å². The maximum Gasteiger partial charge on any atom is 0.246 e. The van der Waals surface area contributed by atoms with E-state index in [1.165, 1.54) is 0 Å². The maximum atomic E-state index is 6.13. The summed E-state index contributed by atoms with van der Waals surface area (Å²) in [6.07, 6.45) is 1.64. The number of pyridine rings is 1. The normalized spacial score (nSPS) is 10.3. The lowest BCUT2D eigenvalue weighted by Crippen LogP contribution is -2.28. The molecule has 0 aliphatic rings. The van der Waals surface area contributed by atoms with E-state index in [4.69, 9.17) is 33.1 Å². The molecule has 0 atom stereocenters. The van der Waals surface area contributed by atoms with Gasteiger partial charge < -0.3 is 19.9 Å². The first-order valence-corrected chi connectivity index (χ1v) is 8.07. The van der Waals surface area contributed by atoms with E-state index < -0.39 is 0 Å². The van der Waals surface area contributed by atoms with E-state index in [2.05, 4.69) is 25.8 Å². The van der Waals surface area contributed by atoms with Crippen LogP contribution >= 0.6 is 23.8 Å². The molecule has 0 amide bonds. The Hall–Kier alpha value is -2.71. The largest absolute Gasteiger partial charge is 0.493 e. The Bertz CT molecular complexity index is 886. The summed E-state index contributed by atoms with van der Waals surface area (Å²) >= 11 is 11.4. The van der Waals surface area contributed by atoms with Gasteiger partial charge in [-0.15, -0.1) is 0 Å². The number of halogens is 1. The zero-order valence-electron chi connectivity index (χ0n) is 13.2. The number of anilines is 1. The van der Waals surface area contributed by atoms with Crippen molar-refractivity contribution in [1.82, 2.24) is 20.4 Å². The average Bonchev–Trinajstić information content (AvgIpc) is 3.09. The molecule has 0 saturated carbocycles. The zero-order valence-corrected chi connectivity index (χ0v) is 14.8. The first kappa shape index (κ1) is 17.1. The standard InChI is InChI=1S/C16H14ClN5O2S/c1-23-12-7-4-8-18-15(12)21-16(25)19-9-13-20-14(22-24-13)10-5-2-3-6-11(10)17/h2-8H,9H2,1H3,(H2,18,19,21,25). The summed E-state index contributed by atoms with van der Waals surface area (Å²) in [6, 6.07) is 10.8. The molecule has 0 aliphatic carbocycles. The topological polar surface area (TPSA) is 85.1 Å². The van der Waals surface area contributed by atoms with Gasteiger partial charge in [0, 0.05) is 11.8 Å². The van der Waals surface area contributed by atoms with E-state index in [1.807, 2.05) is 18.2 Å². The van der Waals surface area contributed by atoms with E-state index in [1.54, 1.807) is 31.5 Å². The highest BCUT2D eigenvalue weighted by molar-refractivity contribution is 7.80. The lowest BCUT2D eigenvalue weighted by molar-refractivity contribution is 0.376. The molecule has 25 heavy (non-hydrogen) atoms. The predicted octanol–water partition coefficient (Wildman–Crippen LogP) is 3.28. The average molecular weight is 376 g/mol. The Labute approximate surface area is 154 Å². The molecule has 7 nitrogen and oxygen atoms in total. The highest BCUT2D eigenvalue weighted by atomic mass is 35.5. The second-order valence-electron chi connectivity index (χ2n) is 4.85. The van der Waals surface area contributed by atoms with Crippen LogP contribution in [0, 0.1) is 0 Å². The molecule has 3 rings (SSSR count). The van der Waals surface area contributed by atoms with Crippen LogP contribution in [0.2, 0.25) is 5.02 Å². The Morgan fingerprint density at radius 1 is 1.28 bits per heavy atom. The van der Waals surface area contributed by atoms with Crippen LogP contribution in [0.3, 0.4) is 0 Å². The Morgan fingerprint density at radius 2 is 2.12 bits per heavy atom. The molecule has 2 heterocycles. The third-order valence-corrected chi connectivity index (χ3v) is 3.78. The van der Waals surface area contributed by atoms with Crippen molar-refractivity contribution < 1.29 is 9.26 Å². The molecule has 0 bridgehead atoms. The van der Waals surface area contributed by atoms with Crippen LogP contribution in [0.5, 0.6) is 5.75 Å². The zero-order chi connectivity index (χ0) is 17.6. The van der Waals surface area contributed by atoms with Gasteiger partial charge in [-0.2, -0.15) is 4.98 Å². The summed E-state index contributed by atoms with van der Waals surface area (Å²) < 4.78 is 10.4. The lowest BCUT2D eigenvalue weighted by atomic mass is 10.2. The second kappa shape index (κ2) is 7.91. The Morgan fingerprint density at radius 3 is 2.92 bits per heavy atom. The molecule has 0 radical (unpaired) electrons. The smallest absolute Gasteiger partial charge is 0.246 e. The molecule has 0 unspecified atom stereocenters. The van der Waals surface area contributed by atoms with Crippen LogP contribution in [0.25, 0.3) is 11.4 Å². The van der Waals surface area contributed by atoms with Crippen molar-refractivity contribution >= 4 is 34.7 Å². The van der Waals surface area contributed by atoms with E-state index in [0.717, 1.165) is 0 Å². The van der Waals surface area contributed by atoms with Gasteiger partial charge in [0.05, 0.1) is 18.7 Å². The molecule has 0 spiro atoms. The molecule has 0 fully saturated rings. The molecule has 2 aromatic heterocycles. The number of hydrogen-bond acceptors (Lipinski definition) is 6. The Balaban J connectivity index is 1.61. The van der Waals surface area contributed by atoms with Crippen molar-refractivity contribution in [3.63, 3.8) is 0 Å². The third-order valence-electron chi connectivity index (χ3n) is 3.21. The number of thiocarbonyl (C=S) groups is 1. The van der Waals surface area contributed by atoms with E-state index in [9.17, 15) is 0 Å². The minimum atomic E-state index is 0.262. The van der Waals surface area contributed by atoms with Gasteiger partial charge in [0.1, 0.15) is 0 Å². The number of nitrogens with zero attached hydrogens (tertiary/aromatic N) is 3. The summed E-state index contributed by atoms with van der Waals surface area (Å²) in [4.78, 5) is 8.47. The van der Waals surface area contributed by atoms with Gasteiger partial charge >= 0.3 is 0 Å². The highest BCUT2D eigenvalue weighted by Crippen LogP contribution is 2.24. The minimum Gasteiger partial charge on any atom is -0.493 e. The van der Waals surface area contributed by atoms with E-state index >= 15 is 0 Å². The number of methoxy groups -OCH3 is 1. The molecule has 3 aromatic rings. The van der Waals surface area contributed by atoms with Gasteiger partial charge in [0.2, 0.25) is 11.7 Å². The lowest BCUT2D eigenvalue weighted by Gasteiger charge is -2.10. The van der Waals surface area contributed by atoms with Crippen molar-refractivity contribution in [2.75, 3.05) is 12.4 Å². The van der Waals surface area contributed by atoms with Crippen LogP contribution in [-0.4, -0.2) is 27.3 Å². The minimum absolute atomic E-state index is 0.262. The van der Waals surface area contributed by atoms with Gasteiger partial charge in [-0.1, -0.05) is 28.9 Å². The summed E-state index contributed by atoms with van der Waals surface area (Å²) in [6.45, 7) is 0.262. The van der Waals surface area contributed by atoms with Crippen molar-refractivity contribution in [2.45, 2.75) is 6.54 Å². The molecule has 9 heteroatoms. The van der Waals surface area contributed by atoms with Crippen molar-refractivity contribution in [3.8, 4) is 17.1 Å². The third kappa shape index (κ3) is 4.23. The van der Waals surface area contributed by atoms with Gasteiger partial charge in [-0.3, -0.25) is 0 Å². The van der Waals surface area contributed by atoms with Gasteiger partial charge in [-0.05, 0) is 36.5 Å². The van der Waals surface area contributed by atoms with Crippen LogP contribution in [-0.2, 0) is 6.54 Å². The van der Waals surface area contributed by atoms with Crippen LogP contribution in [0.4, 0.5) is 5.82 Å². The monoisotopic (exact) mass is 375 g/mol. The molecule has 128 valence electrons. The molecular weight excluding hydrogens is 362 g/mol. The summed E-state index contributed by atoms with van der Waals surface area (Å²) in [7, 11) is 1.56. The number of benzene rings is 1. The van der Waals surface area contributed by atoms with Gasteiger partial charge in [0.25, 0.3) is 0 Å². The fourth-order valence-electron chi connectivity index (χ4n) is 2.04. The van der Waals surface area contributed by atoms with E-state index in [0.29, 0.717) is 39.0 Å². The maximum absolute atomic E-state index is 6.13. The molecule has 0 saturated heterocycles.